The van der Waals surface area contributed by atoms with Crippen molar-refractivity contribution in [3.63, 3.8) is 0 Å². The van der Waals surface area contributed by atoms with E-state index in [0.717, 1.165) is 26.2 Å². The van der Waals surface area contributed by atoms with Gasteiger partial charge in [0.15, 0.2) is 0 Å². The van der Waals surface area contributed by atoms with E-state index in [2.05, 4.69) is 27.2 Å². The second-order valence-corrected chi connectivity index (χ2v) is 4.02. The summed E-state index contributed by atoms with van der Waals surface area (Å²) < 4.78 is 0. The van der Waals surface area contributed by atoms with Crippen LogP contribution in [0.25, 0.3) is 0 Å². The first-order chi connectivity index (χ1) is 8.26. The van der Waals surface area contributed by atoms with Crippen LogP contribution in [-0.2, 0) is 4.84 Å². The van der Waals surface area contributed by atoms with Gasteiger partial charge in [0.05, 0.1) is 12.6 Å². The topological polar surface area (TPSA) is 57.1 Å². The van der Waals surface area contributed by atoms with Crippen LogP contribution in [0.5, 0.6) is 0 Å². The van der Waals surface area contributed by atoms with Gasteiger partial charge in [-0.3, -0.25) is 4.90 Å². The van der Waals surface area contributed by atoms with Crippen molar-refractivity contribution >= 4 is 5.71 Å². The lowest BCUT2D eigenvalue weighted by Crippen LogP contribution is -2.52. The molecule has 0 spiro atoms. The third kappa shape index (κ3) is 5.68. The number of nitrogens with one attached hydrogen (secondary N) is 1. The van der Waals surface area contributed by atoms with Crippen LogP contribution in [0.2, 0.25) is 0 Å². The van der Waals surface area contributed by atoms with Crippen molar-refractivity contribution in [2.45, 2.75) is 19.9 Å². The fraction of sp³-hybridized carbons (Fsp3) is 0.750. The average molecular weight is 239 g/mol. The van der Waals surface area contributed by atoms with E-state index in [4.69, 9.17) is 9.94 Å². The Bertz CT molecular complexity index is 305. The Morgan fingerprint density at radius 1 is 1.65 bits per heavy atom. The van der Waals surface area contributed by atoms with E-state index in [1.165, 1.54) is 0 Å². The average Bonchev–Trinajstić information content (AvgIpc) is 2.30. The van der Waals surface area contributed by atoms with E-state index in [1.54, 1.807) is 6.92 Å². The molecule has 0 aromatic carbocycles. The fourth-order valence-electron chi connectivity index (χ4n) is 1.78. The fourth-order valence-corrected chi connectivity index (χ4v) is 1.78. The molecule has 0 amide bonds. The summed E-state index contributed by atoms with van der Waals surface area (Å²) in [6.07, 6.45) is 0. The first-order valence-electron chi connectivity index (χ1n) is 5.92. The molecule has 1 rings (SSSR count). The van der Waals surface area contributed by atoms with Gasteiger partial charge in [0.2, 0.25) is 0 Å². The quantitative estimate of drug-likeness (QED) is 0.392. The van der Waals surface area contributed by atoms with Gasteiger partial charge >= 0.3 is 0 Å². The van der Waals surface area contributed by atoms with E-state index in [-0.39, 0.29) is 12.6 Å². The molecule has 96 valence electrons. The van der Waals surface area contributed by atoms with E-state index in [0.29, 0.717) is 12.3 Å². The van der Waals surface area contributed by atoms with Crippen LogP contribution >= 0.6 is 0 Å². The number of aliphatic hydroxyl groups is 1. The maximum absolute atomic E-state index is 8.88. The molecule has 0 bridgehead atoms. The number of hydrogen-bond donors (Lipinski definition) is 2. The highest BCUT2D eigenvalue weighted by molar-refractivity contribution is 5.97. The molecule has 1 heterocycles. The van der Waals surface area contributed by atoms with Gasteiger partial charge in [-0.05, 0) is 19.8 Å². The van der Waals surface area contributed by atoms with Gasteiger partial charge in [-0.2, -0.15) is 0 Å². The van der Waals surface area contributed by atoms with Crippen LogP contribution in [-0.4, -0.2) is 61.2 Å². The van der Waals surface area contributed by atoms with E-state index in [9.17, 15) is 0 Å². The van der Waals surface area contributed by atoms with Crippen molar-refractivity contribution in [2.24, 2.45) is 5.16 Å². The lowest BCUT2D eigenvalue weighted by atomic mass is 10.2. The molecule has 5 nitrogen and oxygen atoms in total. The standard InChI is InChI=1S/C12H21N3O2/c1-3-4-11(2)14-17-10-12-9-15(7-8-16)6-5-13-12/h12-13,16H,5-10H2,1-2H3/b14-11-/t12-/m1/s1. The third-order valence-electron chi connectivity index (χ3n) is 2.54. The van der Waals surface area contributed by atoms with Gasteiger partial charge in [-0.1, -0.05) is 11.1 Å². The van der Waals surface area contributed by atoms with Gasteiger partial charge in [-0.25, -0.2) is 0 Å². The molecular weight excluding hydrogens is 218 g/mol. The molecule has 0 radical (unpaired) electrons. The Hall–Kier alpha value is -1.09. The van der Waals surface area contributed by atoms with Crippen LogP contribution < -0.4 is 5.32 Å². The second-order valence-electron chi connectivity index (χ2n) is 4.02. The number of aliphatic hydroxyl groups excluding tert-OH is 1. The summed E-state index contributed by atoms with van der Waals surface area (Å²) in [5.41, 5.74) is 0.690. The van der Waals surface area contributed by atoms with E-state index in [1.807, 2.05) is 6.92 Å². The van der Waals surface area contributed by atoms with E-state index < -0.39 is 0 Å². The molecule has 0 aromatic rings. The Balaban J connectivity index is 2.26. The van der Waals surface area contributed by atoms with Gasteiger partial charge < -0.3 is 15.3 Å². The minimum atomic E-state index is 0.205. The minimum absolute atomic E-state index is 0.205. The zero-order valence-electron chi connectivity index (χ0n) is 10.6. The lowest BCUT2D eigenvalue weighted by molar-refractivity contribution is 0.0802. The largest absolute Gasteiger partial charge is 0.395 e. The van der Waals surface area contributed by atoms with Crippen molar-refractivity contribution in [1.29, 1.82) is 0 Å². The van der Waals surface area contributed by atoms with Gasteiger partial charge in [0, 0.05) is 26.2 Å². The molecule has 1 aliphatic heterocycles. The van der Waals surface area contributed by atoms with Crippen molar-refractivity contribution in [1.82, 2.24) is 10.2 Å². The normalized spacial score (nSPS) is 21.8. The molecule has 5 heteroatoms. The number of piperazine rings is 1. The van der Waals surface area contributed by atoms with Gasteiger partial charge in [0.25, 0.3) is 0 Å². The second kappa shape index (κ2) is 8.07. The Kier molecular flexibility index (Phi) is 6.63. The summed E-state index contributed by atoms with van der Waals surface area (Å²) >= 11 is 0. The summed E-state index contributed by atoms with van der Waals surface area (Å²) in [7, 11) is 0. The predicted octanol–water partition coefficient (Wildman–Crippen LogP) is -0.332. The zero-order valence-corrected chi connectivity index (χ0v) is 10.6. The summed E-state index contributed by atoms with van der Waals surface area (Å²) in [4.78, 5) is 7.46. The Morgan fingerprint density at radius 2 is 2.47 bits per heavy atom. The highest BCUT2D eigenvalue weighted by Crippen LogP contribution is 1.99. The molecule has 17 heavy (non-hydrogen) atoms. The lowest BCUT2D eigenvalue weighted by Gasteiger charge is -2.32. The maximum Gasteiger partial charge on any atom is 0.133 e. The smallest absolute Gasteiger partial charge is 0.133 e. The number of rotatable bonds is 5. The molecule has 2 N–H and O–H groups in total. The maximum atomic E-state index is 8.88. The van der Waals surface area contributed by atoms with Crippen LogP contribution in [0.3, 0.4) is 0 Å². The van der Waals surface area contributed by atoms with Crippen molar-refractivity contribution < 1.29 is 9.94 Å². The minimum Gasteiger partial charge on any atom is -0.395 e. The molecule has 1 atom stereocenters. The van der Waals surface area contributed by atoms with Crippen molar-refractivity contribution in [2.75, 3.05) is 39.4 Å². The van der Waals surface area contributed by atoms with Crippen LogP contribution in [0, 0.1) is 11.8 Å². The van der Waals surface area contributed by atoms with E-state index >= 15 is 0 Å². The SMILES string of the molecule is CC#C/C(C)=N\OC[C@H]1CN(CCO)CCN1. The van der Waals surface area contributed by atoms with Crippen molar-refractivity contribution in [3.05, 3.63) is 0 Å². The number of oxime groups is 1. The molecule has 1 saturated heterocycles. The first-order valence-corrected chi connectivity index (χ1v) is 5.92. The molecule has 1 aliphatic rings. The van der Waals surface area contributed by atoms with Crippen LogP contribution in [0.15, 0.2) is 5.16 Å². The third-order valence-corrected chi connectivity index (χ3v) is 2.54. The molecule has 1 fully saturated rings. The molecule has 0 aromatic heterocycles. The van der Waals surface area contributed by atoms with Crippen LogP contribution in [0.1, 0.15) is 13.8 Å². The number of hydrogen-bond acceptors (Lipinski definition) is 5. The van der Waals surface area contributed by atoms with Gasteiger partial charge in [0.1, 0.15) is 12.3 Å². The number of β-amino-alcohol motifs (C(OH)–C–C–N with tert-alkyl or cyclic N) is 1. The van der Waals surface area contributed by atoms with Crippen LogP contribution in [0.4, 0.5) is 0 Å². The molecular formula is C12H21N3O2. The van der Waals surface area contributed by atoms with Crippen molar-refractivity contribution in [3.8, 4) is 11.8 Å². The Labute approximate surface area is 103 Å². The Morgan fingerprint density at radius 3 is 3.18 bits per heavy atom. The molecule has 0 saturated carbocycles. The molecule has 0 aliphatic carbocycles. The zero-order chi connectivity index (χ0) is 12.5. The summed E-state index contributed by atoms with van der Waals surface area (Å²) in [5, 5.41) is 16.2. The first kappa shape index (κ1) is 14.0. The molecule has 0 unspecified atom stereocenters. The predicted molar refractivity (Wildman–Crippen MR) is 67.8 cm³/mol. The highest BCUT2D eigenvalue weighted by atomic mass is 16.6. The highest BCUT2D eigenvalue weighted by Gasteiger charge is 2.18. The number of nitrogens with zero attached hydrogens (tertiary/aromatic N) is 2. The monoisotopic (exact) mass is 239 g/mol. The summed E-state index contributed by atoms with van der Waals surface area (Å²) in [6.45, 7) is 7.83. The summed E-state index contributed by atoms with van der Waals surface area (Å²) in [6, 6.07) is 0.265. The summed E-state index contributed by atoms with van der Waals surface area (Å²) in [5.74, 6) is 5.59. The van der Waals surface area contributed by atoms with Gasteiger partial charge in [-0.15, -0.1) is 0 Å².